The predicted molar refractivity (Wildman–Crippen MR) is 124 cm³/mol. The molecule has 0 aliphatic carbocycles. The number of hydrogen-bond acceptors (Lipinski definition) is 5. The van der Waals surface area contributed by atoms with Crippen LogP contribution in [0.3, 0.4) is 0 Å². The third-order valence-electron chi connectivity index (χ3n) is 5.20. The number of benzene rings is 1. The molecule has 1 aromatic carbocycles. The van der Waals surface area contributed by atoms with Crippen LogP contribution in [0.2, 0.25) is 0 Å². The van der Waals surface area contributed by atoms with Crippen LogP contribution in [0.5, 0.6) is 11.5 Å². The number of aryl methyl sites for hydroxylation is 2. The Morgan fingerprint density at radius 1 is 0.903 bits per heavy atom. The summed E-state index contributed by atoms with van der Waals surface area (Å²) in [5, 5.41) is 0. The van der Waals surface area contributed by atoms with Gasteiger partial charge in [0.05, 0.1) is 44.5 Å². The lowest BCUT2D eigenvalue weighted by Gasteiger charge is -2.12. The van der Waals surface area contributed by atoms with Crippen LogP contribution in [0.15, 0.2) is 36.4 Å². The smallest absolute Gasteiger partial charge is 0.305 e. The van der Waals surface area contributed by atoms with Crippen molar-refractivity contribution in [2.24, 2.45) is 0 Å². The Kier molecular flexibility index (Phi) is 11.8. The zero-order valence-corrected chi connectivity index (χ0v) is 19.5. The van der Waals surface area contributed by atoms with Gasteiger partial charge in [-0.2, -0.15) is 0 Å². The minimum absolute atomic E-state index is 0.254. The lowest BCUT2D eigenvalue weighted by molar-refractivity contribution is -0.140. The number of esters is 1. The number of halogens is 1. The molecule has 0 amide bonds. The fraction of sp³-hybridized carbons (Fsp3) is 0.520. The lowest BCUT2D eigenvalue weighted by Crippen LogP contribution is -2.07. The fourth-order valence-electron chi connectivity index (χ4n) is 3.35. The number of aromatic nitrogens is 1. The Bertz CT molecular complexity index is 780. The summed E-state index contributed by atoms with van der Waals surface area (Å²) in [6.45, 7) is 0.652. The molecule has 0 saturated carbocycles. The maximum absolute atomic E-state index is 11.4. The van der Waals surface area contributed by atoms with E-state index in [9.17, 15) is 4.79 Å². The molecule has 170 valence electrons. The van der Waals surface area contributed by atoms with Crippen LogP contribution in [0.1, 0.15) is 61.9 Å². The predicted octanol–water partition coefficient (Wildman–Crippen LogP) is 5.90. The number of carbonyl (C=O) groups is 1. The molecule has 2 aromatic rings. The van der Waals surface area contributed by atoms with Crippen LogP contribution in [0, 0.1) is 0 Å². The second-order valence-electron chi connectivity index (χ2n) is 7.53. The second-order valence-corrected chi connectivity index (χ2v) is 7.79. The molecule has 2 rings (SSSR count). The summed E-state index contributed by atoms with van der Waals surface area (Å²) >= 11 is 5.89. The Balaban J connectivity index is 1.60. The van der Waals surface area contributed by atoms with Crippen LogP contribution in [0.4, 0.5) is 0 Å². The molecule has 0 unspecified atom stereocenters. The average Bonchev–Trinajstić information content (AvgIpc) is 2.82. The Morgan fingerprint density at radius 2 is 1.61 bits per heavy atom. The first-order valence-corrected chi connectivity index (χ1v) is 11.6. The average molecular weight is 448 g/mol. The van der Waals surface area contributed by atoms with Gasteiger partial charge in [0, 0.05) is 6.42 Å². The highest BCUT2D eigenvalue weighted by Crippen LogP contribution is 2.21. The van der Waals surface area contributed by atoms with Crippen molar-refractivity contribution in [2.75, 3.05) is 20.8 Å². The van der Waals surface area contributed by atoms with E-state index in [1.807, 2.05) is 24.3 Å². The highest BCUT2D eigenvalue weighted by atomic mass is 35.5. The number of alkyl halides is 1. The van der Waals surface area contributed by atoms with Crippen molar-refractivity contribution >= 4 is 17.6 Å². The summed E-state index contributed by atoms with van der Waals surface area (Å²) in [7, 11) is 3.08. The van der Waals surface area contributed by atoms with E-state index in [4.69, 9.17) is 25.8 Å². The van der Waals surface area contributed by atoms with Crippen LogP contribution in [0.25, 0.3) is 0 Å². The molecule has 0 spiro atoms. The van der Waals surface area contributed by atoms with E-state index in [0.717, 1.165) is 42.1 Å². The summed E-state index contributed by atoms with van der Waals surface area (Å²) in [4.78, 5) is 16.0. The standard InChI is InChI=1S/C25H34ClNO4/c1-29-22-13-10-20(11-14-22)9-7-5-3-4-6-8-18-31-24-16-12-21(19-26)27-23(24)15-17-25(28)30-2/h10-14,16H,3-9,15,17-19H2,1-2H3. The molecule has 31 heavy (non-hydrogen) atoms. The maximum atomic E-state index is 11.4. The molecule has 0 aliphatic rings. The van der Waals surface area contributed by atoms with Crippen LogP contribution in [-0.4, -0.2) is 31.8 Å². The highest BCUT2D eigenvalue weighted by molar-refractivity contribution is 6.16. The number of hydrogen-bond donors (Lipinski definition) is 0. The topological polar surface area (TPSA) is 57.7 Å². The van der Waals surface area contributed by atoms with Gasteiger partial charge in [0.15, 0.2) is 0 Å². The van der Waals surface area contributed by atoms with Crippen LogP contribution >= 0.6 is 11.6 Å². The number of methoxy groups -OCH3 is 2. The Morgan fingerprint density at radius 3 is 2.29 bits per heavy atom. The SMILES string of the molecule is COC(=O)CCc1nc(CCl)ccc1OCCCCCCCCc1ccc(OC)cc1. The molecular weight excluding hydrogens is 414 g/mol. The van der Waals surface area contributed by atoms with E-state index in [0.29, 0.717) is 18.9 Å². The van der Waals surface area contributed by atoms with Gasteiger partial charge in [0.25, 0.3) is 0 Å². The third-order valence-corrected chi connectivity index (χ3v) is 5.47. The van der Waals surface area contributed by atoms with Gasteiger partial charge in [0.1, 0.15) is 11.5 Å². The summed E-state index contributed by atoms with van der Waals surface area (Å²) in [6, 6.07) is 12.1. The van der Waals surface area contributed by atoms with Gasteiger partial charge in [-0.1, -0.05) is 37.8 Å². The molecule has 6 heteroatoms. The van der Waals surface area contributed by atoms with E-state index in [-0.39, 0.29) is 12.4 Å². The summed E-state index contributed by atoms with van der Waals surface area (Å²) in [5.41, 5.74) is 2.91. The van der Waals surface area contributed by atoms with E-state index >= 15 is 0 Å². The van der Waals surface area contributed by atoms with E-state index in [1.165, 1.54) is 38.4 Å². The number of unbranched alkanes of at least 4 members (excludes halogenated alkanes) is 5. The number of nitrogens with zero attached hydrogens (tertiary/aromatic N) is 1. The first kappa shape index (κ1) is 25.0. The zero-order chi connectivity index (χ0) is 22.3. The molecule has 0 fully saturated rings. The molecule has 5 nitrogen and oxygen atoms in total. The minimum atomic E-state index is -0.254. The summed E-state index contributed by atoms with van der Waals surface area (Å²) < 4.78 is 15.8. The molecular formula is C25H34ClNO4. The van der Waals surface area contributed by atoms with E-state index in [2.05, 4.69) is 17.1 Å². The van der Waals surface area contributed by atoms with Crippen molar-refractivity contribution in [3.8, 4) is 11.5 Å². The third kappa shape index (κ3) is 9.60. The second kappa shape index (κ2) is 14.7. The fourth-order valence-corrected chi connectivity index (χ4v) is 3.50. The molecule has 0 aliphatic heterocycles. The summed E-state index contributed by atoms with van der Waals surface area (Å²) in [6.07, 6.45) is 8.95. The normalized spacial score (nSPS) is 10.7. The molecule has 0 radical (unpaired) electrons. The van der Waals surface area contributed by atoms with E-state index in [1.54, 1.807) is 7.11 Å². The largest absolute Gasteiger partial charge is 0.497 e. The highest BCUT2D eigenvalue weighted by Gasteiger charge is 2.10. The molecule has 1 aromatic heterocycles. The molecule has 1 heterocycles. The van der Waals surface area contributed by atoms with Gasteiger partial charge in [-0.3, -0.25) is 9.78 Å². The Hall–Kier alpha value is -2.27. The van der Waals surface area contributed by atoms with Crippen LogP contribution in [-0.2, 0) is 28.3 Å². The first-order valence-electron chi connectivity index (χ1n) is 11.0. The monoisotopic (exact) mass is 447 g/mol. The molecule has 0 atom stereocenters. The molecule has 0 bridgehead atoms. The van der Waals surface area contributed by atoms with Gasteiger partial charge in [0.2, 0.25) is 0 Å². The lowest BCUT2D eigenvalue weighted by atomic mass is 10.0. The van der Waals surface area contributed by atoms with Gasteiger partial charge < -0.3 is 14.2 Å². The number of pyridine rings is 1. The van der Waals surface area contributed by atoms with Crippen molar-refractivity contribution in [2.45, 2.75) is 63.7 Å². The summed E-state index contributed by atoms with van der Waals surface area (Å²) in [5.74, 6) is 1.73. The number of carbonyl (C=O) groups excluding carboxylic acids is 1. The van der Waals surface area contributed by atoms with Crippen molar-refractivity contribution < 1.29 is 19.0 Å². The molecule has 0 saturated heterocycles. The Labute approximate surface area is 191 Å². The van der Waals surface area contributed by atoms with Crippen molar-refractivity contribution in [1.29, 1.82) is 0 Å². The maximum Gasteiger partial charge on any atom is 0.305 e. The van der Waals surface area contributed by atoms with Gasteiger partial charge >= 0.3 is 5.97 Å². The zero-order valence-electron chi connectivity index (χ0n) is 18.7. The number of ether oxygens (including phenoxy) is 3. The van der Waals surface area contributed by atoms with Gasteiger partial charge in [-0.25, -0.2) is 0 Å². The van der Waals surface area contributed by atoms with Gasteiger partial charge in [-0.15, -0.1) is 11.6 Å². The molecule has 0 N–H and O–H groups in total. The first-order chi connectivity index (χ1) is 15.2. The van der Waals surface area contributed by atoms with Crippen molar-refractivity contribution in [1.82, 2.24) is 4.98 Å². The van der Waals surface area contributed by atoms with Crippen molar-refractivity contribution in [3.63, 3.8) is 0 Å². The minimum Gasteiger partial charge on any atom is -0.497 e. The van der Waals surface area contributed by atoms with E-state index < -0.39 is 0 Å². The number of rotatable bonds is 15. The quantitative estimate of drug-likeness (QED) is 0.193. The van der Waals surface area contributed by atoms with Crippen LogP contribution < -0.4 is 9.47 Å². The van der Waals surface area contributed by atoms with Crippen molar-refractivity contribution in [3.05, 3.63) is 53.3 Å². The van der Waals surface area contributed by atoms with Gasteiger partial charge in [-0.05, 0) is 49.1 Å².